The fourth-order valence-corrected chi connectivity index (χ4v) is 1.09. The molecule has 14 heavy (non-hydrogen) atoms. The summed E-state index contributed by atoms with van der Waals surface area (Å²) in [6, 6.07) is 0. The summed E-state index contributed by atoms with van der Waals surface area (Å²) in [5.41, 5.74) is 0. The van der Waals surface area contributed by atoms with Crippen LogP contribution in [0.4, 0.5) is 0 Å². The molecule has 0 atom stereocenters. The average molecular weight is 244 g/mol. The predicted octanol–water partition coefficient (Wildman–Crippen LogP) is -1.57. The van der Waals surface area contributed by atoms with Gasteiger partial charge in [-0.25, -0.2) is 3.63 Å². The maximum absolute atomic E-state index is 8.89. The molecule has 0 amide bonds. The number of rotatable bonds is 6. The van der Waals surface area contributed by atoms with Crippen molar-refractivity contribution in [3.05, 3.63) is 25.3 Å². The van der Waals surface area contributed by atoms with Crippen molar-refractivity contribution in [2.45, 2.75) is 6.92 Å². The molecule has 0 N–H and O–H groups in total. The van der Waals surface area contributed by atoms with E-state index in [1.54, 1.807) is 12.2 Å². The molecule has 0 radical (unpaired) electrons. The number of hydrogen-bond donors (Lipinski definition) is 0. The van der Waals surface area contributed by atoms with Gasteiger partial charge in [0.25, 0.3) is 0 Å². The molecule has 0 aromatic rings. The minimum Gasteiger partial charge on any atom is -0.550 e. The molecule has 76 valence electrons. The second kappa shape index (κ2) is 19.2. The molecule has 0 bridgehead atoms. The predicted molar refractivity (Wildman–Crippen MR) is 57.1 cm³/mol. The van der Waals surface area contributed by atoms with E-state index in [0.29, 0.717) is 0 Å². The second-order valence-corrected chi connectivity index (χ2v) is 3.39. The third-order valence-electron chi connectivity index (χ3n) is 0.468. The SMILES string of the molecule is C=CCSOSCC=C.CC(=O)[O-].[Na+]. The summed E-state index contributed by atoms with van der Waals surface area (Å²) < 4.78 is 5.01. The summed E-state index contributed by atoms with van der Waals surface area (Å²) in [7, 11) is 0. The van der Waals surface area contributed by atoms with Crippen LogP contribution in [0, 0.1) is 0 Å². The van der Waals surface area contributed by atoms with Crippen molar-refractivity contribution in [1.29, 1.82) is 0 Å². The van der Waals surface area contributed by atoms with Gasteiger partial charge < -0.3 is 9.90 Å². The van der Waals surface area contributed by atoms with E-state index in [4.69, 9.17) is 13.5 Å². The fraction of sp³-hybridized carbons (Fsp3) is 0.375. The minimum absolute atomic E-state index is 0. The Balaban J connectivity index is -0.000000209. The van der Waals surface area contributed by atoms with Crippen LogP contribution in [0.5, 0.6) is 0 Å². The van der Waals surface area contributed by atoms with Crippen molar-refractivity contribution in [3.63, 3.8) is 0 Å². The molecule has 0 aromatic heterocycles. The summed E-state index contributed by atoms with van der Waals surface area (Å²) in [6.07, 6.45) is 3.61. The van der Waals surface area contributed by atoms with Gasteiger partial charge in [-0.05, 0) is 6.92 Å². The first-order valence-corrected chi connectivity index (χ1v) is 5.27. The van der Waals surface area contributed by atoms with E-state index >= 15 is 0 Å². The Morgan fingerprint density at radius 1 is 1.36 bits per heavy atom. The van der Waals surface area contributed by atoms with Gasteiger partial charge in [0.2, 0.25) is 0 Å². The number of hydrogen-bond acceptors (Lipinski definition) is 5. The summed E-state index contributed by atoms with van der Waals surface area (Å²) in [6.45, 7) is 8.07. The van der Waals surface area contributed by atoms with Gasteiger partial charge >= 0.3 is 29.6 Å². The largest absolute Gasteiger partial charge is 1.00 e. The van der Waals surface area contributed by atoms with Gasteiger partial charge in [-0.1, -0.05) is 12.2 Å². The third-order valence-corrected chi connectivity index (χ3v) is 1.98. The number of carboxylic acid groups (broad SMARTS) is 1. The summed E-state index contributed by atoms with van der Waals surface area (Å²) in [5.74, 6) is 0.592. The van der Waals surface area contributed by atoms with Crippen molar-refractivity contribution in [1.82, 2.24) is 0 Å². The molecule has 0 saturated heterocycles. The van der Waals surface area contributed by atoms with Crippen LogP contribution in [0.1, 0.15) is 6.92 Å². The minimum atomic E-state index is -1.08. The zero-order valence-corrected chi connectivity index (χ0v) is 12.2. The zero-order valence-electron chi connectivity index (χ0n) is 8.52. The van der Waals surface area contributed by atoms with Crippen molar-refractivity contribution >= 4 is 30.1 Å². The van der Waals surface area contributed by atoms with Crippen LogP contribution in [-0.2, 0) is 8.42 Å². The van der Waals surface area contributed by atoms with Crippen molar-refractivity contribution < 1.29 is 43.1 Å². The fourth-order valence-electron chi connectivity index (χ4n) is 0.186. The van der Waals surface area contributed by atoms with E-state index in [9.17, 15) is 0 Å². The van der Waals surface area contributed by atoms with Crippen molar-refractivity contribution in [3.8, 4) is 0 Å². The molecule has 0 spiro atoms. The molecule has 0 unspecified atom stereocenters. The molecule has 0 saturated carbocycles. The zero-order chi connectivity index (χ0) is 10.5. The smallest absolute Gasteiger partial charge is 0.550 e. The third kappa shape index (κ3) is 38.9. The molecule has 6 heteroatoms. The Bertz CT molecular complexity index is 140. The molecule has 0 fully saturated rings. The standard InChI is InChI=1S/C6H10OS2.C2H4O2.Na/c1-3-5-8-7-9-6-4-2;1-2(3)4;/h3-4H,1-2,5-6H2;1H3,(H,3,4);/q;;+1/p-1. The van der Waals surface area contributed by atoms with Crippen molar-refractivity contribution in [2.24, 2.45) is 0 Å². The number of aliphatic carboxylic acids is 1. The maximum Gasteiger partial charge on any atom is 1.00 e. The molecule has 0 aliphatic heterocycles. The van der Waals surface area contributed by atoms with E-state index < -0.39 is 5.97 Å². The van der Waals surface area contributed by atoms with Gasteiger partial charge in [0.15, 0.2) is 0 Å². The molecular formula is C8H13NaO3S2. The maximum atomic E-state index is 8.89. The van der Waals surface area contributed by atoms with Crippen molar-refractivity contribution in [2.75, 3.05) is 11.5 Å². The second-order valence-electron chi connectivity index (χ2n) is 1.71. The van der Waals surface area contributed by atoms with Crippen LogP contribution in [0.3, 0.4) is 0 Å². The van der Waals surface area contributed by atoms with E-state index in [1.807, 2.05) is 0 Å². The topological polar surface area (TPSA) is 49.4 Å². The molecule has 0 aliphatic carbocycles. The van der Waals surface area contributed by atoms with E-state index in [0.717, 1.165) is 18.4 Å². The van der Waals surface area contributed by atoms with E-state index in [2.05, 4.69) is 13.2 Å². The monoisotopic (exact) mass is 244 g/mol. The van der Waals surface area contributed by atoms with Gasteiger partial charge in [0.05, 0.1) is 0 Å². The Hall–Kier alpha value is 0.610. The van der Waals surface area contributed by atoms with Crippen LogP contribution < -0.4 is 34.7 Å². The summed E-state index contributed by atoms with van der Waals surface area (Å²) >= 11 is 2.78. The Labute approximate surface area is 116 Å². The molecule has 0 aromatic carbocycles. The number of carboxylic acids is 1. The molecule has 0 heterocycles. The van der Waals surface area contributed by atoms with Crippen LogP contribution in [0.25, 0.3) is 0 Å². The normalized spacial score (nSPS) is 7.50. The molecular weight excluding hydrogens is 231 g/mol. The van der Waals surface area contributed by atoms with E-state index in [-0.39, 0.29) is 29.6 Å². The number of carbonyl (C=O) groups is 1. The van der Waals surface area contributed by atoms with E-state index in [1.165, 1.54) is 24.1 Å². The Kier molecular flexibility index (Phi) is 27.6. The first-order chi connectivity index (χ1) is 6.15. The first kappa shape index (κ1) is 20.1. The molecule has 0 aliphatic rings. The van der Waals surface area contributed by atoms with Crippen LogP contribution in [0.15, 0.2) is 25.3 Å². The first-order valence-electron chi connectivity index (χ1n) is 3.45. The van der Waals surface area contributed by atoms with Crippen LogP contribution >= 0.6 is 24.1 Å². The van der Waals surface area contributed by atoms with Gasteiger partial charge in [-0.3, -0.25) is 0 Å². The summed E-state index contributed by atoms with van der Waals surface area (Å²) in [5, 5.41) is 8.89. The molecule has 0 rings (SSSR count). The van der Waals surface area contributed by atoms with Gasteiger partial charge in [-0.2, -0.15) is 0 Å². The van der Waals surface area contributed by atoms with Crippen LogP contribution in [-0.4, -0.2) is 17.5 Å². The van der Waals surface area contributed by atoms with Gasteiger partial charge in [0, 0.05) is 41.6 Å². The average Bonchev–Trinajstić information content (AvgIpc) is 2.03. The summed E-state index contributed by atoms with van der Waals surface area (Å²) in [4.78, 5) is 8.89. The Morgan fingerprint density at radius 3 is 1.86 bits per heavy atom. The quantitative estimate of drug-likeness (QED) is 0.245. The van der Waals surface area contributed by atoms with Gasteiger partial charge in [-0.15, -0.1) is 13.2 Å². The Morgan fingerprint density at radius 2 is 1.64 bits per heavy atom. The molecule has 3 nitrogen and oxygen atoms in total. The van der Waals surface area contributed by atoms with Crippen LogP contribution in [0.2, 0.25) is 0 Å². The van der Waals surface area contributed by atoms with Gasteiger partial charge in [0.1, 0.15) is 0 Å². The number of carbonyl (C=O) groups excluding carboxylic acids is 1.